The molecule has 0 fully saturated rings. The molecule has 3 heteroatoms. The van der Waals surface area contributed by atoms with Gasteiger partial charge >= 0.3 is 208 Å². The van der Waals surface area contributed by atoms with E-state index in [1.165, 1.54) is 19.8 Å². The van der Waals surface area contributed by atoms with Gasteiger partial charge in [-0.25, -0.2) is 0 Å². The van der Waals surface area contributed by atoms with Crippen LogP contribution in [0.25, 0.3) is 6.08 Å². The van der Waals surface area contributed by atoms with E-state index in [-0.39, 0.29) is 41.9 Å². The molecule has 1 aliphatic heterocycles. The number of Topliss-reactive ketones (excluding diaryl/α,β-unsaturated/α-hetero) is 1. The molecule has 32 heavy (non-hydrogen) atoms. The van der Waals surface area contributed by atoms with E-state index in [0.717, 1.165) is 10.0 Å². The second-order valence-corrected chi connectivity index (χ2v) is 16.2. The minimum absolute atomic E-state index is 0.0900. The van der Waals surface area contributed by atoms with Crippen LogP contribution >= 0.6 is 11.8 Å². The van der Waals surface area contributed by atoms with Gasteiger partial charge in [-0.15, -0.1) is 0 Å². The molecular formula is C29H42OSSe. The van der Waals surface area contributed by atoms with Crippen molar-refractivity contribution < 1.29 is 4.79 Å². The third kappa shape index (κ3) is 6.99. The van der Waals surface area contributed by atoms with Gasteiger partial charge < -0.3 is 0 Å². The Morgan fingerprint density at radius 2 is 1.31 bits per heavy atom. The summed E-state index contributed by atoms with van der Waals surface area (Å²) in [5.74, 6) is 0.277. The van der Waals surface area contributed by atoms with Gasteiger partial charge in [0.25, 0.3) is 0 Å². The molecule has 0 aliphatic carbocycles. The van der Waals surface area contributed by atoms with E-state index in [2.05, 4.69) is 98.8 Å². The Kier molecular flexibility index (Phi) is 7.93. The Bertz CT molecular complexity index is 952. The van der Waals surface area contributed by atoms with Crippen molar-refractivity contribution in [3.8, 4) is 0 Å². The third-order valence-corrected chi connectivity index (χ3v) is 10.5. The number of rotatable bonds is 3. The molecule has 0 radical (unpaired) electrons. The maximum atomic E-state index is 13.2. The summed E-state index contributed by atoms with van der Waals surface area (Å²) in [5, 5.41) is 0. The van der Waals surface area contributed by atoms with Gasteiger partial charge in [0.2, 0.25) is 0 Å². The molecule has 1 nitrogen and oxygen atoms in total. The fraction of sp³-hybridized carbons (Fsp3) is 0.552. The summed E-state index contributed by atoms with van der Waals surface area (Å²) in [6.45, 7) is 26.5. The van der Waals surface area contributed by atoms with Crippen molar-refractivity contribution in [1.82, 2.24) is 0 Å². The normalized spacial score (nSPS) is 16.3. The number of carbonyl (C=O) groups is 1. The monoisotopic (exact) mass is 518 g/mol. The standard InChI is InChI=1S/C29H42OSSe/c1-26(2,3)21-16-19(17-22(31-21)27(4,5)6)14-13-15-20-18-23(28(7,8)9)32-24(20)25(30)29(10,11)12/h13-18H,1-12H3/b15-13+. The zero-order chi connectivity index (χ0) is 24.7. The first-order chi connectivity index (χ1) is 14.3. The summed E-state index contributed by atoms with van der Waals surface area (Å²) in [6, 6.07) is 2.26. The van der Waals surface area contributed by atoms with Crippen molar-refractivity contribution in [2.24, 2.45) is 16.2 Å². The SMILES string of the molecule is CC(C)(C)C(=O)c1[se]c(C(C)(C)C)cc1/C=C/C=C1C=C(C(C)(C)C)SC(C(C)(C)C)=C1. The Balaban J connectivity index is 2.50. The molecule has 0 saturated heterocycles. The third-order valence-electron chi connectivity index (χ3n) is 5.25. The molecule has 0 atom stereocenters. The van der Waals surface area contributed by atoms with E-state index < -0.39 is 0 Å². The predicted molar refractivity (Wildman–Crippen MR) is 146 cm³/mol. The fourth-order valence-corrected chi connectivity index (χ4v) is 7.12. The van der Waals surface area contributed by atoms with Crippen LogP contribution in [0.15, 0.2) is 45.8 Å². The minimum atomic E-state index is -0.356. The van der Waals surface area contributed by atoms with Gasteiger partial charge in [0, 0.05) is 0 Å². The second kappa shape index (κ2) is 9.32. The van der Waals surface area contributed by atoms with Crippen LogP contribution in [0.3, 0.4) is 0 Å². The zero-order valence-electron chi connectivity index (χ0n) is 22.2. The molecule has 2 rings (SSSR count). The predicted octanol–water partition coefficient (Wildman–Crippen LogP) is 8.82. The van der Waals surface area contributed by atoms with Crippen molar-refractivity contribution >= 4 is 38.1 Å². The van der Waals surface area contributed by atoms with Gasteiger partial charge in [-0.3, -0.25) is 0 Å². The molecule has 0 unspecified atom stereocenters. The van der Waals surface area contributed by atoms with Crippen LogP contribution in [0.2, 0.25) is 0 Å². The molecule has 0 aromatic carbocycles. The topological polar surface area (TPSA) is 17.1 Å². The van der Waals surface area contributed by atoms with E-state index in [0.29, 0.717) is 0 Å². The molecule has 2 heterocycles. The number of thioether (sulfide) groups is 1. The van der Waals surface area contributed by atoms with Crippen LogP contribution in [0.1, 0.15) is 102 Å². The Morgan fingerprint density at radius 1 is 0.812 bits per heavy atom. The molecule has 0 N–H and O–H groups in total. The quantitative estimate of drug-likeness (QED) is 0.294. The first-order valence-electron chi connectivity index (χ1n) is 11.5. The summed E-state index contributed by atoms with van der Waals surface area (Å²) >= 11 is 2.01. The van der Waals surface area contributed by atoms with Gasteiger partial charge in [-0.2, -0.15) is 0 Å². The van der Waals surface area contributed by atoms with Crippen molar-refractivity contribution in [3.05, 3.63) is 60.2 Å². The number of hydrogen-bond acceptors (Lipinski definition) is 2. The molecule has 0 bridgehead atoms. The molecule has 1 aromatic heterocycles. The number of allylic oxidation sites excluding steroid dienone is 7. The second-order valence-electron chi connectivity index (χ2n) is 12.9. The van der Waals surface area contributed by atoms with E-state index in [9.17, 15) is 4.79 Å². The molecule has 1 aliphatic rings. The summed E-state index contributed by atoms with van der Waals surface area (Å²) < 4.78 is 2.41. The van der Waals surface area contributed by atoms with Crippen molar-refractivity contribution in [2.75, 3.05) is 0 Å². The number of hydrogen-bond donors (Lipinski definition) is 0. The molecule has 0 amide bonds. The van der Waals surface area contributed by atoms with Gasteiger partial charge in [-0.05, 0) is 0 Å². The molecular weight excluding hydrogens is 475 g/mol. The Labute approximate surface area is 207 Å². The maximum absolute atomic E-state index is 13.2. The van der Waals surface area contributed by atoms with Gasteiger partial charge in [0.1, 0.15) is 0 Å². The van der Waals surface area contributed by atoms with Crippen molar-refractivity contribution in [2.45, 2.75) is 88.5 Å². The van der Waals surface area contributed by atoms with Gasteiger partial charge in [0.15, 0.2) is 0 Å². The first kappa shape index (κ1) is 27.2. The summed E-state index contributed by atoms with van der Waals surface area (Å²) in [6.07, 6.45) is 11.1. The Morgan fingerprint density at radius 3 is 1.72 bits per heavy atom. The molecule has 0 spiro atoms. The van der Waals surface area contributed by atoms with Crippen LogP contribution in [0.4, 0.5) is 0 Å². The fourth-order valence-electron chi connectivity index (χ4n) is 3.04. The van der Waals surface area contributed by atoms with E-state index in [1.54, 1.807) is 0 Å². The summed E-state index contributed by atoms with van der Waals surface area (Å²) in [4.78, 5) is 16.0. The van der Waals surface area contributed by atoms with Crippen LogP contribution in [0.5, 0.6) is 0 Å². The average Bonchev–Trinajstić information content (AvgIpc) is 3.03. The summed E-state index contributed by atoms with van der Waals surface area (Å²) in [5.41, 5.74) is 2.29. The molecule has 1 aromatic rings. The molecule has 0 saturated carbocycles. The number of ketones is 1. The van der Waals surface area contributed by atoms with Crippen LogP contribution in [0, 0.1) is 16.2 Å². The van der Waals surface area contributed by atoms with E-state index >= 15 is 0 Å². The number of carbonyl (C=O) groups excluding carboxylic acids is 1. The zero-order valence-corrected chi connectivity index (χ0v) is 24.7. The first-order valence-corrected chi connectivity index (χ1v) is 14.0. The Hall–Kier alpha value is -1.02. The van der Waals surface area contributed by atoms with Crippen LogP contribution < -0.4 is 0 Å². The van der Waals surface area contributed by atoms with Crippen LogP contribution in [-0.2, 0) is 5.41 Å². The molecule has 176 valence electrons. The van der Waals surface area contributed by atoms with E-state index in [4.69, 9.17) is 0 Å². The van der Waals surface area contributed by atoms with Crippen molar-refractivity contribution in [1.29, 1.82) is 0 Å². The van der Waals surface area contributed by atoms with Gasteiger partial charge in [-0.1, -0.05) is 0 Å². The van der Waals surface area contributed by atoms with Crippen molar-refractivity contribution in [3.63, 3.8) is 0 Å². The van der Waals surface area contributed by atoms with E-state index in [1.807, 2.05) is 32.5 Å². The summed E-state index contributed by atoms with van der Waals surface area (Å²) in [7, 11) is 0. The van der Waals surface area contributed by atoms with Gasteiger partial charge in [0.05, 0.1) is 0 Å². The van der Waals surface area contributed by atoms with Crippen LogP contribution in [-0.4, -0.2) is 20.3 Å². The average molecular weight is 518 g/mol.